The Balaban J connectivity index is 2.46. The second-order valence-corrected chi connectivity index (χ2v) is 4.17. The van der Waals surface area contributed by atoms with Crippen LogP contribution in [0.1, 0.15) is 12.8 Å². The molecule has 0 aromatic carbocycles. The van der Waals surface area contributed by atoms with Crippen molar-refractivity contribution >= 4 is 17.3 Å². The fourth-order valence-corrected chi connectivity index (χ4v) is 2.44. The molecule has 1 N–H and O–H groups in total. The lowest BCUT2D eigenvalue weighted by atomic mass is 10.3. The lowest BCUT2D eigenvalue weighted by Crippen LogP contribution is -2.56. The van der Waals surface area contributed by atoms with Gasteiger partial charge in [-0.25, -0.2) is 14.0 Å². The number of hydrogen-bond acceptors (Lipinski definition) is 2. The summed E-state index contributed by atoms with van der Waals surface area (Å²) < 4.78 is 13.7. The molecule has 1 aromatic rings. The van der Waals surface area contributed by atoms with E-state index in [-0.39, 0.29) is 5.82 Å². The summed E-state index contributed by atoms with van der Waals surface area (Å²) in [6.07, 6.45) is 3.38. The Labute approximate surface area is 93.4 Å². The van der Waals surface area contributed by atoms with Crippen LogP contribution < -0.4 is 10.0 Å². The number of nitrogens with zero attached hydrogens (tertiary/aromatic N) is 2. The molecule has 0 aliphatic carbocycles. The number of aromatic nitrogens is 1. The maximum atomic E-state index is 13.1. The third-order valence-electron chi connectivity index (χ3n) is 3.01. The number of quaternary nitrogens is 1. The van der Waals surface area contributed by atoms with Gasteiger partial charge in [0, 0.05) is 26.0 Å². The van der Waals surface area contributed by atoms with Crippen molar-refractivity contribution < 1.29 is 4.39 Å². The molecule has 0 amide bonds. The number of rotatable bonds is 2. The van der Waals surface area contributed by atoms with Gasteiger partial charge in [0.15, 0.2) is 10.8 Å². The molecule has 1 fully saturated rings. The van der Waals surface area contributed by atoms with Crippen LogP contribution in [-0.2, 0) is 0 Å². The first-order valence-corrected chi connectivity index (χ1v) is 5.43. The van der Waals surface area contributed by atoms with Crippen molar-refractivity contribution in [3.8, 4) is 0 Å². The zero-order chi connectivity index (χ0) is 10.9. The first-order valence-electron chi connectivity index (χ1n) is 5.06. The molecule has 1 aliphatic heterocycles. The molecular formula is C10H14ClFN3+. The average Bonchev–Trinajstić information content (AvgIpc) is 2.71. The minimum Gasteiger partial charge on any atom is -0.236 e. The third kappa shape index (κ3) is 1.85. The molecule has 3 nitrogen and oxygen atoms in total. The number of nitrogens with one attached hydrogen (secondary N) is 1. The highest BCUT2D eigenvalue weighted by molar-refractivity contribution is 6.31. The van der Waals surface area contributed by atoms with E-state index in [4.69, 9.17) is 11.6 Å². The Hall–Kier alpha value is -0.710. The first-order chi connectivity index (χ1) is 7.18. The quantitative estimate of drug-likeness (QED) is 0.622. The molecule has 0 unspecified atom stereocenters. The summed E-state index contributed by atoms with van der Waals surface area (Å²) in [6, 6.07) is 1.47. The summed E-state index contributed by atoms with van der Waals surface area (Å²) in [5, 5.41) is 0.382. The fourth-order valence-electron chi connectivity index (χ4n) is 2.17. The number of hydrogen-bond donors (Lipinski definition) is 1. The Morgan fingerprint density at radius 3 is 2.73 bits per heavy atom. The van der Waals surface area contributed by atoms with E-state index >= 15 is 0 Å². The van der Waals surface area contributed by atoms with Crippen molar-refractivity contribution in [1.82, 2.24) is 15.0 Å². The fraction of sp³-hybridized carbons (Fsp3) is 0.500. The molecule has 5 heteroatoms. The van der Waals surface area contributed by atoms with E-state index in [2.05, 4.69) is 10.4 Å². The van der Waals surface area contributed by atoms with Crippen LogP contribution in [0.3, 0.4) is 0 Å². The molecule has 82 valence electrons. The van der Waals surface area contributed by atoms with Gasteiger partial charge in [0.1, 0.15) is 18.9 Å². The van der Waals surface area contributed by atoms with E-state index in [9.17, 15) is 4.39 Å². The Bertz CT molecular complexity index is 364. The third-order valence-corrected chi connectivity index (χ3v) is 3.30. The molecule has 1 aromatic heterocycles. The van der Waals surface area contributed by atoms with Gasteiger partial charge >= 0.3 is 0 Å². The van der Waals surface area contributed by atoms with Crippen molar-refractivity contribution in [3.63, 3.8) is 0 Å². The summed E-state index contributed by atoms with van der Waals surface area (Å²) in [4.78, 5) is 3.85. The number of pyridine rings is 1. The standard InChI is InChI=1S/C10H14ClFN3/c1-13-15(4-2-3-5-15)9-6-8(12)7-14-10(9)11/h6-7,13H,2-5H2,1H3/q+1. The van der Waals surface area contributed by atoms with Crippen molar-refractivity contribution in [1.29, 1.82) is 0 Å². The first kappa shape index (κ1) is 10.8. The zero-order valence-corrected chi connectivity index (χ0v) is 9.39. The molecule has 0 atom stereocenters. The molecule has 0 saturated carbocycles. The van der Waals surface area contributed by atoms with E-state index in [0.717, 1.165) is 37.8 Å². The zero-order valence-electron chi connectivity index (χ0n) is 8.63. The SMILES string of the molecule is CN[N+]1(c2cc(F)cnc2Cl)CCCC1. The Morgan fingerprint density at radius 1 is 1.47 bits per heavy atom. The van der Waals surface area contributed by atoms with Crippen LogP contribution in [-0.4, -0.2) is 25.1 Å². The van der Waals surface area contributed by atoms with E-state index in [1.54, 1.807) is 0 Å². The second-order valence-electron chi connectivity index (χ2n) is 3.81. The second kappa shape index (κ2) is 4.04. The molecular weight excluding hydrogens is 217 g/mol. The minimum absolute atomic E-state index is 0.339. The molecule has 2 heterocycles. The summed E-state index contributed by atoms with van der Waals surface area (Å²) in [7, 11) is 1.87. The van der Waals surface area contributed by atoms with Gasteiger partial charge < -0.3 is 0 Å². The summed E-state index contributed by atoms with van der Waals surface area (Å²) in [5.74, 6) is -0.339. The van der Waals surface area contributed by atoms with E-state index in [1.807, 2.05) is 7.05 Å². The maximum absolute atomic E-state index is 13.1. The van der Waals surface area contributed by atoms with Crippen molar-refractivity contribution in [2.24, 2.45) is 0 Å². The van der Waals surface area contributed by atoms with Crippen molar-refractivity contribution in [3.05, 3.63) is 23.2 Å². The van der Waals surface area contributed by atoms with Gasteiger partial charge in [-0.2, -0.15) is 5.43 Å². The van der Waals surface area contributed by atoms with E-state index < -0.39 is 0 Å². The molecule has 1 aliphatic rings. The van der Waals surface area contributed by atoms with Gasteiger partial charge in [-0.05, 0) is 0 Å². The molecule has 0 spiro atoms. The van der Waals surface area contributed by atoms with Gasteiger partial charge in [0.05, 0.1) is 6.20 Å². The van der Waals surface area contributed by atoms with Gasteiger partial charge in [-0.3, -0.25) is 0 Å². The highest BCUT2D eigenvalue weighted by Gasteiger charge is 2.36. The predicted octanol–water partition coefficient (Wildman–Crippen LogP) is 2.11. The molecule has 0 radical (unpaired) electrons. The number of halogens is 2. The average molecular weight is 231 g/mol. The lowest BCUT2D eigenvalue weighted by Gasteiger charge is -2.31. The summed E-state index contributed by atoms with van der Waals surface area (Å²) in [6.45, 7) is 1.86. The van der Waals surface area contributed by atoms with Crippen molar-refractivity contribution in [2.45, 2.75) is 12.8 Å². The van der Waals surface area contributed by atoms with E-state index in [1.165, 1.54) is 6.07 Å². The maximum Gasteiger partial charge on any atom is 0.192 e. The van der Waals surface area contributed by atoms with E-state index in [0.29, 0.717) is 9.75 Å². The Morgan fingerprint density at radius 2 is 2.13 bits per heavy atom. The monoisotopic (exact) mass is 230 g/mol. The lowest BCUT2D eigenvalue weighted by molar-refractivity contribution is 0.258. The smallest absolute Gasteiger partial charge is 0.192 e. The topological polar surface area (TPSA) is 24.9 Å². The van der Waals surface area contributed by atoms with Gasteiger partial charge in [0.25, 0.3) is 0 Å². The van der Waals surface area contributed by atoms with Crippen LogP contribution >= 0.6 is 11.6 Å². The van der Waals surface area contributed by atoms with Crippen LogP contribution in [0.15, 0.2) is 12.3 Å². The molecule has 2 rings (SSSR count). The van der Waals surface area contributed by atoms with Crippen LogP contribution in [0.2, 0.25) is 5.15 Å². The highest BCUT2D eigenvalue weighted by atomic mass is 35.5. The molecule has 1 saturated heterocycles. The van der Waals surface area contributed by atoms with Crippen LogP contribution in [0, 0.1) is 5.82 Å². The Kier molecular flexibility index (Phi) is 2.91. The highest BCUT2D eigenvalue weighted by Crippen LogP contribution is 2.32. The van der Waals surface area contributed by atoms with Gasteiger partial charge in [-0.1, -0.05) is 11.6 Å². The van der Waals surface area contributed by atoms with Crippen molar-refractivity contribution in [2.75, 3.05) is 20.1 Å². The molecule has 15 heavy (non-hydrogen) atoms. The van der Waals surface area contributed by atoms with Crippen LogP contribution in [0.4, 0.5) is 10.1 Å². The summed E-state index contributed by atoms with van der Waals surface area (Å²) >= 11 is 6.01. The predicted molar refractivity (Wildman–Crippen MR) is 59.0 cm³/mol. The van der Waals surface area contributed by atoms with Crippen LogP contribution in [0.25, 0.3) is 0 Å². The summed E-state index contributed by atoms with van der Waals surface area (Å²) in [5.41, 5.74) is 3.94. The van der Waals surface area contributed by atoms with Gasteiger partial charge in [-0.15, -0.1) is 0 Å². The van der Waals surface area contributed by atoms with Gasteiger partial charge in [0.2, 0.25) is 0 Å². The molecule has 0 bridgehead atoms. The minimum atomic E-state index is -0.339. The van der Waals surface area contributed by atoms with Crippen LogP contribution in [0.5, 0.6) is 0 Å². The normalized spacial score (nSPS) is 19.4. The largest absolute Gasteiger partial charge is 0.236 e.